The largest absolute Gasteiger partial charge is 0.354 e. The Hall–Kier alpha value is -0.900. The highest BCUT2D eigenvalue weighted by Gasteiger charge is 2.25. The highest BCUT2D eigenvalue weighted by atomic mass is 16.7. The average Bonchev–Trinajstić information content (AvgIpc) is 2.40. The number of hydrogen-bond acceptors (Lipinski definition) is 3. The van der Waals surface area contributed by atoms with Crippen molar-refractivity contribution in [3.63, 3.8) is 0 Å². The molecule has 1 aromatic rings. The van der Waals surface area contributed by atoms with Gasteiger partial charge in [-0.3, -0.25) is 0 Å². The molecule has 100 valence electrons. The molecule has 0 amide bonds. The van der Waals surface area contributed by atoms with Crippen molar-refractivity contribution in [3.05, 3.63) is 35.4 Å². The Bertz CT molecular complexity index is 377. The third kappa shape index (κ3) is 2.91. The number of aryl methyl sites for hydroxylation is 1. The molecule has 0 fully saturated rings. The second kappa shape index (κ2) is 6.32. The molecule has 0 saturated carbocycles. The number of ether oxygens (including phenoxy) is 2. The van der Waals surface area contributed by atoms with E-state index >= 15 is 0 Å². The Balaban J connectivity index is 2.07. The van der Waals surface area contributed by atoms with Crippen molar-refractivity contribution in [1.29, 1.82) is 0 Å². The highest BCUT2D eigenvalue weighted by Crippen LogP contribution is 2.34. The van der Waals surface area contributed by atoms with E-state index in [0.29, 0.717) is 5.92 Å². The monoisotopic (exact) mass is 249 g/mol. The van der Waals surface area contributed by atoms with Gasteiger partial charge in [-0.25, -0.2) is 0 Å². The number of rotatable bonds is 5. The zero-order chi connectivity index (χ0) is 13.0. The normalized spacial score (nSPS) is 20.8. The molecule has 0 spiro atoms. The molecule has 0 aliphatic heterocycles. The van der Waals surface area contributed by atoms with Gasteiger partial charge in [0.25, 0.3) is 0 Å². The maximum atomic E-state index is 6.18. The van der Waals surface area contributed by atoms with E-state index in [1.54, 1.807) is 14.2 Å². The first-order valence-corrected chi connectivity index (χ1v) is 6.65. The molecule has 1 aromatic carbocycles. The summed E-state index contributed by atoms with van der Waals surface area (Å²) in [6, 6.07) is 8.63. The van der Waals surface area contributed by atoms with Crippen molar-refractivity contribution < 1.29 is 9.47 Å². The van der Waals surface area contributed by atoms with E-state index in [2.05, 4.69) is 24.3 Å². The molecule has 18 heavy (non-hydrogen) atoms. The van der Waals surface area contributed by atoms with Crippen molar-refractivity contribution in [2.24, 2.45) is 5.73 Å². The summed E-state index contributed by atoms with van der Waals surface area (Å²) in [7, 11) is 3.28. The molecule has 2 atom stereocenters. The van der Waals surface area contributed by atoms with Gasteiger partial charge in [-0.15, -0.1) is 0 Å². The van der Waals surface area contributed by atoms with Crippen LogP contribution >= 0.6 is 0 Å². The molecule has 0 saturated heterocycles. The predicted octanol–water partition coefficient (Wildman–Crippen LogP) is 2.44. The molecule has 0 bridgehead atoms. The topological polar surface area (TPSA) is 44.5 Å². The van der Waals surface area contributed by atoms with Gasteiger partial charge in [0.05, 0.1) is 6.04 Å². The Labute approximate surface area is 109 Å². The summed E-state index contributed by atoms with van der Waals surface area (Å²) in [5.41, 5.74) is 9.12. The fourth-order valence-electron chi connectivity index (χ4n) is 2.98. The van der Waals surface area contributed by atoms with Crippen LogP contribution in [0.15, 0.2) is 24.3 Å². The SMILES string of the molecule is COC(OC)C(N)CC1CCCc2ccccc21. The standard InChI is InChI=1S/C15H23NO2/c1-17-15(18-2)14(16)10-12-8-5-7-11-6-3-4-9-13(11)12/h3-4,6,9,12,14-15H,5,7-8,10,16H2,1-2H3. The first-order chi connectivity index (χ1) is 8.76. The lowest BCUT2D eigenvalue weighted by Gasteiger charge is -2.30. The highest BCUT2D eigenvalue weighted by molar-refractivity contribution is 5.32. The Morgan fingerprint density at radius 3 is 2.72 bits per heavy atom. The lowest BCUT2D eigenvalue weighted by molar-refractivity contribution is -0.118. The van der Waals surface area contributed by atoms with Gasteiger partial charge in [0, 0.05) is 14.2 Å². The van der Waals surface area contributed by atoms with Crippen LogP contribution in [-0.4, -0.2) is 26.6 Å². The van der Waals surface area contributed by atoms with Crippen LogP contribution in [-0.2, 0) is 15.9 Å². The Morgan fingerprint density at radius 2 is 2.00 bits per heavy atom. The van der Waals surface area contributed by atoms with Gasteiger partial charge in [0.1, 0.15) is 0 Å². The first-order valence-electron chi connectivity index (χ1n) is 6.65. The molecular formula is C15H23NO2. The number of nitrogens with two attached hydrogens (primary N) is 1. The molecular weight excluding hydrogens is 226 g/mol. The molecule has 0 heterocycles. The molecule has 0 aromatic heterocycles. The van der Waals surface area contributed by atoms with Crippen molar-refractivity contribution >= 4 is 0 Å². The molecule has 0 radical (unpaired) electrons. The fourth-order valence-corrected chi connectivity index (χ4v) is 2.98. The average molecular weight is 249 g/mol. The van der Waals surface area contributed by atoms with Crippen LogP contribution in [0, 0.1) is 0 Å². The van der Waals surface area contributed by atoms with Crippen LogP contribution in [0.1, 0.15) is 36.3 Å². The number of hydrogen-bond donors (Lipinski definition) is 1. The van der Waals surface area contributed by atoms with E-state index in [1.165, 1.54) is 30.4 Å². The second-order valence-corrected chi connectivity index (χ2v) is 5.03. The van der Waals surface area contributed by atoms with Gasteiger partial charge in [-0.1, -0.05) is 24.3 Å². The van der Waals surface area contributed by atoms with Crippen molar-refractivity contribution in [1.82, 2.24) is 0 Å². The molecule has 2 unspecified atom stereocenters. The van der Waals surface area contributed by atoms with Crippen molar-refractivity contribution in [2.45, 2.75) is 43.9 Å². The quantitative estimate of drug-likeness (QED) is 0.815. The van der Waals surface area contributed by atoms with Crippen LogP contribution in [0.3, 0.4) is 0 Å². The Morgan fingerprint density at radius 1 is 1.28 bits per heavy atom. The minimum Gasteiger partial charge on any atom is -0.354 e. The molecule has 1 aliphatic rings. The summed E-state index contributed by atoms with van der Waals surface area (Å²) in [6.45, 7) is 0. The number of benzene rings is 1. The molecule has 3 heteroatoms. The number of fused-ring (bicyclic) bond motifs is 1. The minimum atomic E-state index is -0.306. The van der Waals surface area contributed by atoms with Gasteiger partial charge in [0.2, 0.25) is 0 Å². The van der Waals surface area contributed by atoms with E-state index in [0.717, 1.165) is 6.42 Å². The summed E-state index contributed by atoms with van der Waals surface area (Å²) in [5.74, 6) is 0.540. The van der Waals surface area contributed by atoms with E-state index in [-0.39, 0.29) is 12.3 Å². The third-order valence-electron chi connectivity index (χ3n) is 3.86. The van der Waals surface area contributed by atoms with Crippen molar-refractivity contribution in [3.8, 4) is 0 Å². The van der Waals surface area contributed by atoms with E-state index in [9.17, 15) is 0 Å². The smallest absolute Gasteiger partial charge is 0.171 e. The fraction of sp³-hybridized carbons (Fsp3) is 0.600. The van der Waals surface area contributed by atoms with Crippen molar-refractivity contribution in [2.75, 3.05) is 14.2 Å². The lowest BCUT2D eigenvalue weighted by atomic mass is 9.79. The third-order valence-corrected chi connectivity index (χ3v) is 3.86. The molecule has 2 rings (SSSR count). The number of methoxy groups -OCH3 is 2. The van der Waals surface area contributed by atoms with E-state index in [1.807, 2.05) is 0 Å². The summed E-state index contributed by atoms with van der Waals surface area (Å²) >= 11 is 0. The zero-order valence-corrected chi connectivity index (χ0v) is 11.3. The van der Waals surface area contributed by atoms with Crippen LogP contribution in [0.25, 0.3) is 0 Å². The second-order valence-electron chi connectivity index (χ2n) is 5.03. The van der Waals surface area contributed by atoms with E-state index in [4.69, 9.17) is 15.2 Å². The van der Waals surface area contributed by atoms with Crippen LogP contribution in [0.2, 0.25) is 0 Å². The van der Waals surface area contributed by atoms with Crippen LogP contribution in [0.5, 0.6) is 0 Å². The van der Waals surface area contributed by atoms with Gasteiger partial charge in [-0.05, 0) is 42.7 Å². The molecule has 3 nitrogen and oxygen atoms in total. The van der Waals surface area contributed by atoms with Gasteiger partial charge < -0.3 is 15.2 Å². The molecule has 1 aliphatic carbocycles. The molecule has 2 N–H and O–H groups in total. The Kier molecular flexibility index (Phi) is 4.75. The minimum absolute atomic E-state index is 0.0730. The van der Waals surface area contributed by atoms with Gasteiger partial charge >= 0.3 is 0 Å². The summed E-state index contributed by atoms with van der Waals surface area (Å²) in [5, 5.41) is 0. The van der Waals surface area contributed by atoms with Gasteiger partial charge in [-0.2, -0.15) is 0 Å². The van der Waals surface area contributed by atoms with Gasteiger partial charge in [0.15, 0.2) is 6.29 Å². The maximum Gasteiger partial charge on any atom is 0.171 e. The summed E-state index contributed by atoms with van der Waals surface area (Å²) in [6.07, 6.45) is 4.27. The zero-order valence-electron chi connectivity index (χ0n) is 11.3. The first kappa shape index (κ1) is 13.5. The van der Waals surface area contributed by atoms with E-state index < -0.39 is 0 Å². The van der Waals surface area contributed by atoms with Crippen LogP contribution in [0.4, 0.5) is 0 Å². The lowest BCUT2D eigenvalue weighted by Crippen LogP contribution is -2.39. The summed E-state index contributed by atoms with van der Waals surface area (Å²) in [4.78, 5) is 0. The maximum absolute atomic E-state index is 6.18. The predicted molar refractivity (Wildman–Crippen MR) is 72.5 cm³/mol. The van der Waals surface area contributed by atoms with Crippen LogP contribution < -0.4 is 5.73 Å². The summed E-state index contributed by atoms with van der Waals surface area (Å²) < 4.78 is 10.5.